The van der Waals surface area contributed by atoms with Crippen molar-refractivity contribution in [2.45, 2.75) is 45.6 Å². The van der Waals surface area contributed by atoms with Gasteiger partial charge >= 0.3 is 6.09 Å². The van der Waals surface area contributed by atoms with Crippen LogP contribution in [0.1, 0.15) is 40.2 Å². The summed E-state index contributed by atoms with van der Waals surface area (Å²) in [6, 6.07) is 5.80. The number of benzene rings is 1. The molecule has 120 valence electrons. The van der Waals surface area contributed by atoms with Crippen LogP contribution in [0.3, 0.4) is 0 Å². The number of amides is 1. The number of carbonyl (C=O) groups is 1. The number of nitrogens with zero attached hydrogens (tertiary/aromatic N) is 1. The number of anilines is 2. The van der Waals surface area contributed by atoms with Crippen LogP contribution < -0.4 is 16.0 Å². The van der Waals surface area contributed by atoms with E-state index in [1.807, 2.05) is 39.0 Å². The summed E-state index contributed by atoms with van der Waals surface area (Å²) >= 11 is 4.86. The Morgan fingerprint density at radius 2 is 2.05 bits per heavy atom. The molecule has 1 aliphatic heterocycles. The molecule has 0 aromatic heterocycles. The van der Waals surface area contributed by atoms with E-state index in [9.17, 15) is 4.79 Å². The predicted molar refractivity (Wildman–Crippen MR) is 93.5 cm³/mol. The molecular weight excluding hydrogens is 298 g/mol. The second kappa shape index (κ2) is 5.43. The summed E-state index contributed by atoms with van der Waals surface area (Å²) < 4.78 is 5.51. The van der Waals surface area contributed by atoms with Gasteiger partial charge < -0.3 is 15.8 Å². The van der Waals surface area contributed by atoms with Gasteiger partial charge in [-0.2, -0.15) is 0 Å². The summed E-state index contributed by atoms with van der Waals surface area (Å²) in [5.74, 6) is 0. The van der Waals surface area contributed by atoms with Crippen LogP contribution in [0.25, 0.3) is 0 Å². The third-order valence-corrected chi connectivity index (χ3v) is 3.55. The number of ether oxygens (including phenoxy) is 1. The van der Waals surface area contributed by atoms with E-state index < -0.39 is 5.60 Å². The number of fused-ring (bicyclic) bond motifs is 1. The molecule has 0 fully saturated rings. The van der Waals surface area contributed by atoms with E-state index in [-0.39, 0.29) is 16.6 Å². The van der Waals surface area contributed by atoms with E-state index in [4.69, 9.17) is 22.7 Å². The molecule has 0 bridgehead atoms. The molecule has 0 aliphatic carbocycles. The summed E-state index contributed by atoms with van der Waals surface area (Å²) in [5, 5.41) is 3.10. The van der Waals surface area contributed by atoms with Crippen LogP contribution in [0, 0.1) is 0 Å². The van der Waals surface area contributed by atoms with Crippen molar-refractivity contribution in [3.63, 3.8) is 0 Å². The van der Waals surface area contributed by atoms with Crippen LogP contribution in [0.5, 0.6) is 0 Å². The van der Waals surface area contributed by atoms with Gasteiger partial charge in [-0.05, 0) is 50.7 Å². The predicted octanol–water partition coefficient (Wildman–Crippen LogP) is 3.37. The summed E-state index contributed by atoms with van der Waals surface area (Å²) in [4.78, 5) is 14.1. The first-order valence-electron chi connectivity index (χ1n) is 7.21. The molecule has 0 saturated carbocycles. The van der Waals surface area contributed by atoms with Gasteiger partial charge in [-0.25, -0.2) is 4.79 Å². The molecular formula is C16H23N3O2S. The van der Waals surface area contributed by atoms with E-state index in [1.54, 1.807) is 4.90 Å². The van der Waals surface area contributed by atoms with Gasteiger partial charge in [0, 0.05) is 17.6 Å². The van der Waals surface area contributed by atoms with Gasteiger partial charge in [0.2, 0.25) is 0 Å². The van der Waals surface area contributed by atoms with Crippen molar-refractivity contribution in [1.29, 1.82) is 0 Å². The van der Waals surface area contributed by atoms with Crippen molar-refractivity contribution < 1.29 is 9.53 Å². The third-order valence-electron chi connectivity index (χ3n) is 3.45. The average molecular weight is 321 g/mol. The van der Waals surface area contributed by atoms with E-state index in [0.717, 1.165) is 16.9 Å². The van der Waals surface area contributed by atoms with Crippen molar-refractivity contribution in [3.8, 4) is 0 Å². The number of carbonyl (C=O) groups excluding carboxylic acids is 1. The second-order valence-electron chi connectivity index (χ2n) is 7.17. The summed E-state index contributed by atoms with van der Waals surface area (Å²) in [6.45, 7) is 10.4. The SMILES string of the molecule is CC(C)(C)OC(=O)N1CC(C)(C)c2ccc(NC(N)=S)cc21. The molecule has 0 unspecified atom stereocenters. The topological polar surface area (TPSA) is 67.6 Å². The van der Waals surface area contributed by atoms with E-state index in [1.165, 1.54) is 0 Å². The van der Waals surface area contributed by atoms with Gasteiger partial charge in [0.15, 0.2) is 5.11 Å². The quantitative estimate of drug-likeness (QED) is 0.776. The van der Waals surface area contributed by atoms with E-state index in [0.29, 0.717) is 6.54 Å². The molecule has 0 radical (unpaired) electrons. The average Bonchev–Trinajstić information content (AvgIpc) is 2.58. The van der Waals surface area contributed by atoms with Gasteiger partial charge in [0.1, 0.15) is 5.60 Å². The smallest absolute Gasteiger partial charge is 0.414 e. The number of nitrogens with one attached hydrogen (secondary N) is 1. The lowest BCUT2D eigenvalue weighted by Gasteiger charge is -2.26. The molecule has 1 aliphatic rings. The van der Waals surface area contributed by atoms with E-state index in [2.05, 4.69) is 19.2 Å². The number of nitrogens with two attached hydrogens (primary N) is 1. The van der Waals surface area contributed by atoms with Gasteiger partial charge in [-0.1, -0.05) is 19.9 Å². The maximum atomic E-state index is 12.5. The van der Waals surface area contributed by atoms with Crippen molar-refractivity contribution in [2.24, 2.45) is 5.73 Å². The molecule has 22 heavy (non-hydrogen) atoms. The van der Waals surface area contributed by atoms with Crippen LogP contribution in [0.4, 0.5) is 16.2 Å². The zero-order chi connectivity index (χ0) is 16.7. The first kappa shape index (κ1) is 16.5. The second-order valence-corrected chi connectivity index (χ2v) is 7.61. The Morgan fingerprint density at radius 1 is 1.41 bits per heavy atom. The zero-order valence-electron chi connectivity index (χ0n) is 13.7. The highest BCUT2D eigenvalue weighted by atomic mass is 32.1. The first-order chi connectivity index (χ1) is 9.99. The summed E-state index contributed by atoms with van der Waals surface area (Å²) in [6.07, 6.45) is -0.341. The molecule has 0 spiro atoms. The summed E-state index contributed by atoms with van der Waals surface area (Å²) in [5.41, 5.74) is 7.55. The van der Waals surface area contributed by atoms with Crippen LogP contribution in [0.15, 0.2) is 18.2 Å². The zero-order valence-corrected chi connectivity index (χ0v) is 14.5. The Labute approximate surface area is 136 Å². The minimum Gasteiger partial charge on any atom is -0.443 e. The highest BCUT2D eigenvalue weighted by molar-refractivity contribution is 7.80. The number of hydrogen-bond acceptors (Lipinski definition) is 3. The Bertz CT molecular complexity index is 620. The minimum atomic E-state index is -0.529. The number of hydrogen-bond donors (Lipinski definition) is 2. The van der Waals surface area contributed by atoms with E-state index >= 15 is 0 Å². The lowest BCUT2D eigenvalue weighted by molar-refractivity contribution is 0.0579. The first-order valence-corrected chi connectivity index (χ1v) is 7.62. The Hall–Kier alpha value is -1.82. The Kier molecular flexibility index (Phi) is 4.08. The van der Waals surface area contributed by atoms with Gasteiger partial charge in [0.25, 0.3) is 0 Å². The number of rotatable bonds is 1. The molecule has 3 N–H and O–H groups in total. The highest BCUT2D eigenvalue weighted by Gasteiger charge is 2.39. The lowest BCUT2D eigenvalue weighted by atomic mass is 9.87. The molecule has 5 nitrogen and oxygen atoms in total. The van der Waals surface area contributed by atoms with Crippen LogP contribution in [-0.4, -0.2) is 23.4 Å². The highest BCUT2D eigenvalue weighted by Crippen LogP contribution is 2.42. The maximum Gasteiger partial charge on any atom is 0.414 e. The number of thiocarbonyl (C=S) groups is 1. The third kappa shape index (κ3) is 3.50. The van der Waals surface area contributed by atoms with Crippen molar-refractivity contribution in [3.05, 3.63) is 23.8 Å². The fourth-order valence-corrected chi connectivity index (χ4v) is 2.71. The van der Waals surface area contributed by atoms with Crippen molar-refractivity contribution >= 4 is 34.8 Å². The largest absolute Gasteiger partial charge is 0.443 e. The molecule has 6 heteroatoms. The molecule has 1 amide bonds. The standard InChI is InChI=1S/C16H23N3O2S/c1-15(2,3)21-14(20)19-9-16(4,5)11-7-6-10(8-12(11)19)18-13(17)22/h6-8H,9H2,1-5H3,(H3,17,18,22). The molecule has 1 heterocycles. The van der Waals surface area contributed by atoms with Crippen LogP contribution in [-0.2, 0) is 10.2 Å². The van der Waals surface area contributed by atoms with Gasteiger partial charge in [-0.3, -0.25) is 4.90 Å². The van der Waals surface area contributed by atoms with Crippen LogP contribution in [0.2, 0.25) is 0 Å². The fraction of sp³-hybridized carbons (Fsp3) is 0.500. The van der Waals surface area contributed by atoms with Gasteiger partial charge in [0.05, 0.1) is 5.69 Å². The minimum absolute atomic E-state index is 0.131. The lowest BCUT2D eigenvalue weighted by Crippen LogP contribution is -2.38. The Balaban J connectivity index is 2.37. The van der Waals surface area contributed by atoms with Crippen LogP contribution >= 0.6 is 12.2 Å². The summed E-state index contributed by atoms with van der Waals surface area (Å²) in [7, 11) is 0. The normalized spacial score (nSPS) is 16.1. The maximum absolute atomic E-state index is 12.5. The fourth-order valence-electron chi connectivity index (χ4n) is 2.59. The molecule has 0 atom stereocenters. The molecule has 1 aromatic rings. The van der Waals surface area contributed by atoms with Gasteiger partial charge in [-0.15, -0.1) is 0 Å². The van der Waals surface area contributed by atoms with Crippen molar-refractivity contribution in [2.75, 3.05) is 16.8 Å². The molecule has 0 saturated heterocycles. The molecule has 1 aromatic carbocycles. The monoisotopic (exact) mass is 321 g/mol. The molecule has 2 rings (SSSR count). The Morgan fingerprint density at radius 3 is 2.59 bits per heavy atom. The van der Waals surface area contributed by atoms with Crippen molar-refractivity contribution in [1.82, 2.24) is 0 Å².